The first-order valence-corrected chi connectivity index (χ1v) is 5.74. The lowest BCUT2D eigenvalue weighted by Crippen LogP contribution is -2.34. The fourth-order valence-corrected chi connectivity index (χ4v) is 1.00. The van der Waals surface area contributed by atoms with E-state index in [0.29, 0.717) is 12.5 Å². The molecule has 0 aromatic heterocycles. The highest BCUT2D eigenvalue weighted by atomic mass is 16.5. The highest BCUT2D eigenvalue weighted by Gasteiger charge is 2.05. The van der Waals surface area contributed by atoms with Crippen LogP contribution in [-0.4, -0.2) is 49.2 Å². The molecule has 0 aliphatic heterocycles. The van der Waals surface area contributed by atoms with E-state index in [1.54, 1.807) is 0 Å². The molecule has 0 aliphatic rings. The summed E-state index contributed by atoms with van der Waals surface area (Å²) < 4.78 is 4.58. The highest BCUT2D eigenvalue weighted by Crippen LogP contribution is 1.88. The minimum absolute atomic E-state index is 0.129. The Morgan fingerprint density at radius 2 is 1.78 bits per heavy atom. The van der Waals surface area contributed by atoms with Gasteiger partial charge in [-0.3, -0.25) is 9.59 Å². The first-order valence-electron chi connectivity index (χ1n) is 5.74. The molecule has 2 amide bonds. The summed E-state index contributed by atoms with van der Waals surface area (Å²) in [5.41, 5.74) is 0. The number of hydrogen-bond donors (Lipinski definition) is 3. The zero-order valence-electron chi connectivity index (χ0n) is 10.7. The maximum Gasteiger partial charge on any atom is 0.329 e. The van der Waals surface area contributed by atoms with Crippen LogP contribution in [0.3, 0.4) is 0 Å². The number of hydrogen-bond acceptors (Lipinski definition) is 4. The minimum Gasteiger partial charge on any atom is -0.480 e. The van der Waals surface area contributed by atoms with Gasteiger partial charge in [0.25, 0.3) is 0 Å². The molecule has 0 aromatic carbocycles. The van der Waals surface area contributed by atoms with Crippen molar-refractivity contribution >= 4 is 17.8 Å². The van der Waals surface area contributed by atoms with E-state index in [2.05, 4.69) is 15.4 Å². The van der Waals surface area contributed by atoms with Gasteiger partial charge in [0.2, 0.25) is 11.8 Å². The SMILES string of the molecule is CC(C)CNC(=O)CCNC(=O)COCC(=O)O. The van der Waals surface area contributed by atoms with Crippen molar-refractivity contribution in [1.29, 1.82) is 0 Å². The third-order valence-corrected chi connectivity index (χ3v) is 1.84. The third kappa shape index (κ3) is 10.9. The summed E-state index contributed by atoms with van der Waals surface area (Å²) in [4.78, 5) is 32.5. The van der Waals surface area contributed by atoms with E-state index in [-0.39, 0.29) is 25.5 Å². The van der Waals surface area contributed by atoms with Gasteiger partial charge in [0, 0.05) is 19.5 Å². The topological polar surface area (TPSA) is 105 Å². The zero-order chi connectivity index (χ0) is 14.0. The fraction of sp³-hybridized carbons (Fsp3) is 0.727. The van der Waals surface area contributed by atoms with Crippen LogP contribution in [0.2, 0.25) is 0 Å². The van der Waals surface area contributed by atoms with Crippen molar-refractivity contribution in [1.82, 2.24) is 10.6 Å². The van der Waals surface area contributed by atoms with Crippen molar-refractivity contribution in [2.75, 3.05) is 26.3 Å². The smallest absolute Gasteiger partial charge is 0.329 e. The molecule has 0 bridgehead atoms. The number of carboxylic acids is 1. The lowest BCUT2D eigenvalue weighted by atomic mass is 10.2. The van der Waals surface area contributed by atoms with E-state index < -0.39 is 18.5 Å². The van der Waals surface area contributed by atoms with Gasteiger partial charge in [-0.2, -0.15) is 0 Å². The van der Waals surface area contributed by atoms with E-state index in [1.807, 2.05) is 13.8 Å². The quantitative estimate of drug-likeness (QED) is 0.512. The molecule has 0 fully saturated rings. The Morgan fingerprint density at radius 3 is 2.33 bits per heavy atom. The third-order valence-electron chi connectivity index (χ3n) is 1.84. The number of carboxylic acid groups (broad SMARTS) is 1. The molecule has 0 rings (SSSR count). The minimum atomic E-state index is -1.13. The molecule has 0 heterocycles. The van der Waals surface area contributed by atoms with Crippen LogP contribution in [0.1, 0.15) is 20.3 Å². The average Bonchev–Trinajstić information content (AvgIpc) is 2.25. The Morgan fingerprint density at radius 1 is 1.11 bits per heavy atom. The lowest BCUT2D eigenvalue weighted by molar-refractivity contribution is -0.143. The van der Waals surface area contributed by atoms with E-state index in [0.717, 1.165) is 0 Å². The van der Waals surface area contributed by atoms with Gasteiger partial charge in [0.1, 0.15) is 13.2 Å². The number of carbonyl (C=O) groups excluding carboxylic acids is 2. The van der Waals surface area contributed by atoms with Gasteiger partial charge in [0.15, 0.2) is 0 Å². The molecule has 18 heavy (non-hydrogen) atoms. The molecule has 0 spiro atoms. The van der Waals surface area contributed by atoms with Crippen molar-refractivity contribution in [3.63, 3.8) is 0 Å². The van der Waals surface area contributed by atoms with Crippen molar-refractivity contribution < 1.29 is 24.2 Å². The molecular formula is C11H20N2O5. The number of nitrogens with one attached hydrogen (secondary N) is 2. The number of amides is 2. The Hall–Kier alpha value is -1.63. The summed E-state index contributed by atoms with van der Waals surface area (Å²) in [6, 6.07) is 0. The number of ether oxygens (including phenoxy) is 1. The normalized spacial score (nSPS) is 10.2. The van der Waals surface area contributed by atoms with Crippen molar-refractivity contribution in [2.24, 2.45) is 5.92 Å². The summed E-state index contributed by atoms with van der Waals surface area (Å²) in [6.45, 7) is 3.96. The van der Waals surface area contributed by atoms with Crippen LogP contribution in [0.4, 0.5) is 0 Å². The van der Waals surface area contributed by atoms with E-state index >= 15 is 0 Å². The molecule has 0 aromatic rings. The largest absolute Gasteiger partial charge is 0.480 e. The number of aliphatic carboxylic acids is 1. The first kappa shape index (κ1) is 16.4. The Bertz CT molecular complexity index is 291. The molecule has 0 saturated carbocycles. The summed E-state index contributed by atoms with van der Waals surface area (Å²) in [6.07, 6.45) is 0.192. The monoisotopic (exact) mass is 260 g/mol. The van der Waals surface area contributed by atoms with Crippen LogP contribution in [0, 0.1) is 5.92 Å². The van der Waals surface area contributed by atoms with Gasteiger partial charge in [-0.1, -0.05) is 13.8 Å². The highest BCUT2D eigenvalue weighted by molar-refractivity contribution is 5.79. The second kappa shape index (κ2) is 9.41. The van der Waals surface area contributed by atoms with Crippen molar-refractivity contribution in [3.8, 4) is 0 Å². The van der Waals surface area contributed by atoms with Crippen molar-refractivity contribution in [2.45, 2.75) is 20.3 Å². The molecular weight excluding hydrogens is 240 g/mol. The number of rotatable bonds is 9. The Kier molecular flexibility index (Phi) is 8.55. The summed E-state index contributed by atoms with van der Waals surface area (Å²) >= 11 is 0. The molecule has 0 radical (unpaired) electrons. The second-order valence-electron chi connectivity index (χ2n) is 4.18. The predicted octanol–water partition coefficient (Wildman–Crippen LogP) is -0.634. The van der Waals surface area contributed by atoms with Gasteiger partial charge in [0.05, 0.1) is 0 Å². The molecule has 104 valence electrons. The van der Waals surface area contributed by atoms with Gasteiger partial charge in [-0.25, -0.2) is 4.79 Å². The summed E-state index contributed by atoms with van der Waals surface area (Å²) in [5.74, 6) is -1.31. The maximum absolute atomic E-state index is 11.3. The molecule has 0 saturated heterocycles. The van der Waals surface area contributed by atoms with Crippen LogP contribution in [0.5, 0.6) is 0 Å². The van der Waals surface area contributed by atoms with Crippen LogP contribution in [0.15, 0.2) is 0 Å². The van der Waals surface area contributed by atoms with E-state index in [1.165, 1.54) is 0 Å². The first-order chi connectivity index (χ1) is 8.41. The maximum atomic E-state index is 11.3. The van der Waals surface area contributed by atoms with Gasteiger partial charge in [-0.15, -0.1) is 0 Å². The Balaban J connectivity index is 3.50. The Labute approximate surface area is 106 Å². The summed E-state index contributed by atoms with van der Waals surface area (Å²) in [5, 5.41) is 13.4. The zero-order valence-corrected chi connectivity index (χ0v) is 10.7. The molecule has 3 N–H and O–H groups in total. The van der Waals surface area contributed by atoms with Crippen LogP contribution >= 0.6 is 0 Å². The van der Waals surface area contributed by atoms with Crippen LogP contribution in [0.25, 0.3) is 0 Å². The molecule has 0 unspecified atom stereocenters. The van der Waals surface area contributed by atoms with Crippen LogP contribution < -0.4 is 10.6 Å². The fourth-order valence-electron chi connectivity index (χ4n) is 1.00. The average molecular weight is 260 g/mol. The standard InChI is InChI=1S/C11H20N2O5/c1-8(2)5-13-9(14)3-4-12-10(15)6-18-7-11(16)17/h8H,3-7H2,1-2H3,(H,12,15)(H,13,14)(H,16,17). The van der Waals surface area contributed by atoms with E-state index in [9.17, 15) is 14.4 Å². The van der Waals surface area contributed by atoms with Gasteiger partial charge >= 0.3 is 5.97 Å². The van der Waals surface area contributed by atoms with Gasteiger partial charge < -0.3 is 20.5 Å². The lowest BCUT2D eigenvalue weighted by Gasteiger charge is -2.08. The van der Waals surface area contributed by atoms with E-state index in [4.69, 9.17) is 5.11 Å². The van der Waals surface area contributed by atoms with Crippen LogP contribution in [-0.2, 0) is 19.1 Å². The predicted molar refractivity (Wildman–Crippen MR) is 63.9 cm³/mol. The molecule has 7 heteroatoms. The number of carbonyl (C=O) groups is 3. The van der Waals surface area contributed by atoms with Gasteiger partial charge in [-0.05, 0) is 5.92 Å². The molecule has 0 atom stereocenters. The second-order valence-corrected chi connectivity index (χ2v) is 4.18. The molecule has 0 aliphatic carbocycles. The molecule has 7 nitrogen and oxygen atoms in total. The van der Waals surface area contributed by atoms with Crippen molar-refractivity contribution in [3.05, 3.63) is 0 Å². The summed E-state index contributed by atoms with van der Waals surface area (Å²) in [7, 11) is 0.